The standard InChI is InChI=1S/C23H28ClN5O2/c1-2-10-28-11-4-3-5-19(22(28)30)26-23(31)29-14-12-27(13-15-29)21-8-9-25-20-16-17(24)6-7-18(20)21/h2,6-9,16,19H,1,3-5,10-15H2,(H,26,31). The molecule has 0 spiro atoms. The van der Waals surface area contributed by atoms with Gasteiger partial charge in [0.25, 0.3) is 0 Å². The number of carbonyl (C=O) groups excluding carboxylic acids is 2. The Hall–Kier alpha value is -2.80. The van der Waals surface area contributed by atoms with E-state index in [1.54, 1.807) is 22.1 Å². The molecule has 0 radical (unpaired) electrons. The van der Waals surface area contributed by atoms with Crippen molar-refractivity contribution in [3.05, 3.63) is 48.1 Å². The summed E-state index contributed by atoms with van der Waals surface area (Å²) in [7, 11) is 0. The van der Waals surface area contributed by atoms with Crippen LogP contribution in [-0.2, 0) is 4.79 Å². The van der Waals surface area contributed by atoms with Gasteiger partial charge in [-0.25, -0.2) is 4.79 Å². The van der Waals surface area contributed by atoms with Gasteiger partial charge in [0.15, 0.2) is 0 Å². The van der Waals surface area contributed by atoms with Gasteiger partial charge in [0.2, 0.25) is 5.91 Å². The highest BCUT2D eigenvalue weighted by Gasteiger charge is 2.30. The van der Waals surface area contributed by atoms with Crippen molar-refractivity contribution in [1.29, 1.82) is 0 Å². The van der Waals surface area contributed by atoms with Crippen LogP contribution >= 0.6 is 11.6 Å². The van der Waals surface area contributed by atoms with E-state index in [4.69, 9.17) is 11.6 Å². The molecule has 2 aliphatic rings. The third kappa shape index (κ3) is 4.77. The van der Waals surface area contributed by atoms with Crippen LogP contribution in [0.2, 0.25) is 5.02 Å². The van der Waals surface area contributed by atoms with Crippen molar-refractivity contribution in [2.45, 2.75) is 25.3 Å². The second-order valence-corrected chi connectivity index (χ2v) is 8.47. The Morgan fingerprint density at radius 3 is 2.77 bits per heavy atom. The molecule has 164 valence electrons. The highest BCUT2D eigenvalue weighted by Crippen LogP contribution is 2.28. The first-order valence-corrected chi connectivity index (χ1v) is 11.2. The fourth-order valence-corrected chi connectivity index (χ4v) is 4.52. The quantitative estimate of drug-likeness (QED) is 0.739. The highest BCUT2D eigenvalue weighted by atomic mass is 35.5. The van der Waals surface area contributed by atoms with Crippen molar-refractivity contribution in [2.75, 3.05) is 44.2 Å². The van der Waals surface area contributed by atoms with E-state index in [9.17, 15) is 9.59 Å². The van der Waals surface area contributed by atoms with Crippen LogP contribution in [0.3, 0.4) is 0 Å². The molecule has 8 heteroatoms. The number of hydrogen-bond acceptors (Lipinski definition) is 4. The van der Waals surface area contributed by atoms with Crippen LogP contribution in [0.4, 0.5) is 10.5 Å². The first-order chi connectivity index (χ1) is 15.1. The minimum atomic E-state index is -0.457. The number of rotatable bonds is 4. The van der Waals surface area contributed by atoms with E-state index >= 15 is 0 Å². The number of carbonyl (C=O) groups is 2. The molecule has 1 aromatic heterocycles. The smallest absolute Gasteiger partial charge is 0.318 e. The summed E-state index contributed by atoms with van der Waals surface area (Å²) in [6.07, 6.45) is 6.09. The maximum absolute atomic E-state index is 12.9. The van der Waals surface area contributed by atoms with Crippen molar-refractivity contribution in [3.63, 3.8) is 0 Å². The summed E-state index contributed by atoms with van der Waals surface area (Å²) in [6.45, 7) is 7.61. The zero-order valence-corrected chi connectivity index (χ0v) is 18.4. The summed E-state index contributed by atoms with van der Waals surface area (Å²) in [6, 6.07) is 7.12. The maximum Gasteiger partial charge on any atom is 0.318 e. The summed E-state index contributed by atoms with van der Waals surface area (Å²) < 4.78 is 0. The molecule has 2 saturated heterocycles. The number of halogens is 1. The van der Waals surface area contributed by atoms with Crippen LogP contribution in [0.1, 0.15) is 19.3 Å². The zero-order valence-electron chi connectivity index (χ0n) is 17.6. The number of hydrogen-bond donors (Lipinski definition) is 1. The van der Waals surface area contributed by atoms with Gasteiger partial charge in [0, 0.05) is 61.6 Å². The number of urea groups is 1. The second kappa shape index (κ2) is 9.56. The monoisotopic (exact) mass is 441 g/mol. The Morgan fingerprint density at radius 2 is 2.00 bits per heavy atom. The Kier molecular flexibility index (Phi) is 6.61. The van der Waals surface area contributed by atoms with E-state index in [1.165, 1.54) is 0 Å². The van der Waals surface area contributed by atoms with E-state index < -0.39 is 6.04 Å². The maximum atomic E-state index is 12.9. The van der Waals surface area contributed by atoms with E-state index in [1.807, 2.05) is 24.3 Å². The van der Waals surface area contributed by atoms with Gasteiger partial charge in [-0.1, -0.05) is 17.7 Å². The van der Waals surface area contributed by atoms with E-state index in [0.29, 0.717) is 31.1 Å². The lowest BCUT2D eigenvalue weighted by molar-refractivity contribution is -0.132. The van der Waals surface area contributed by atoms with E-state index in [0.717, 1.165) is 49.1 Å². The summed E-state index contributed by atoms with van der Waals surface area (Å²) in [5.41, 5.74) is 1.96. The van der Waals surface area contributed by atoms with E-state index in [-0.39, 0.29) is 11.9 Å². The molecule has 31 heavy (non-hydrogen) atoms. The lowest BCUT2D eigenvalue weighted by atomic mass is 10.1. The normalized spacial score (nSPS) is 20.0. The molecular formula is C23H28ClN5O2. The van der Waals surface area contributed by atoms with E-state index in [2.05, 4.69) is 21.8 Å². The van der Waals surface area contributed by atoms with Gasteiger partial charge in [-0.2, -0.15) is 0 Å². The minimum Gasteiger partial charge on any atom is -0.367 e. The van der Waals surface area contributed by atoms with Crippen molar-refractivity contribution in [2.24, 2.45) is 0 Å². The van der Waals surface area contributed by atoms with Crippen molar-refractivity contribution >= 4 is 40.1 Å². The number of nitrogens with one attached hydrogen (secondary N) is 1. The fourth-order valence-electron chi connectivity index (χ4n) is 4.35. The largest absolute Gasteiger partial charge is 0.367 e. The zero-order chi connectivity index (χ0) is 21.8. The van der Waals surface area contributed by atoms with Gasteiger partial charge in [0.05, 0.1) is 5.52 Å². The Labute approximate surface area is 187 Å². The molecule has 3 amide bonds. The van der Waals surface area contributed by atoms with Gasteiger partial charge in [-0.15, -0.1) is 6.58 Å². The van der Waals surface area contributed by atoms with Gasteiger partial charge >= 0.3 is 6.03 Å². The fraction of sp³-hybridized carbons (Fsp3) is 0.435. The molecule has 2 aliphatic heterocycles. The summed E-state index contributed by atoms with van der Waals surface area (Å²) in [5, 5.41) is 4.69. The molecule has 1 atom stereocenters. The van der Waals surface area contributed by atoms with Gasteiger partial charge < -0.3 is 20.0 Å². The Bertz CT molecular complexity index is 974. The number of pyridine rings is 1. The molecule has 0 bridgehead atoms. The molecule has 2 fully saturated rings. The number of likely N-dealkylation sites (tertiary alicyclic amines) is 1. The Balaban J connectivity index is 1.38. The first kappa shape index (κ1) is 21.4. The average molecular weight is 442 g/mol. The van der Waals surface area contributed by atoms with Crippen LogP contribution in [0.25, 0.3) is 10.9 Å². The van der Waals surface area contributed by atoms with Crippen LogP contribution in [0.5, 0.6) is 0 Å². The molecular weight excluding hydrogens is 414 g/mol. The lowest BCUT2D eigenvalue weighted by Gasteiger charge is -2.37. The minimum absolute atomic E-state index is 0.00805. The highest BCUT2D eigenvalue weighted by molar-refractivity contribution is 6.31. The number of anilines is 1. The molecule has 3 heterocycles. The molecule has 0 saturated carbocycles. The molecule has 1 N–H and O–H groups in total. The van der Waals surface area contributed by atoms with Crippen LogP contribution in [-0.4, -0.2) is 72.0 Å². The number of nitrogens with zero attached hydrogens (tertiary/aromatic N) is 4. The molecule has 1 aromatic carbocycles. The predicted octanol–water partition coefficient (Wildman–Crippen LogP) is 3.29. The number of aromatic nitrogens is 1. The van der Waals surface area contributed by atoms with Crippen molar-refractivity contribution < 1.29 is 9.59 Å². The number of fused-ring (bicyclic) bond motifs is 1. The first-order valence-electron chi connectivity index (χ1n) is 10.8. The number of amides is 3. The predicted molar refractivity (Wildman–Crippen MR) is 123 cm³/mol. The molecule has 4 rings (SSSR count). The molecule has 2 aromatic rings. The summed E-state index contributed by atoms with van der Waals surface area (Å²) in [5.74, 6) is -0.00805. The van der Waals surface area contributed by atoms with Gasteiger partial charge in [-0.3, -0.25) is 9.78 Å². The second-order valence-electron chi connectivity index (χ2n) is 8.04. The van der Waals surface area contributed by atoms with Crippen LogP contribution in [0.15, 0.2) is 43.1 Å². The van der Waals surface area contributed by atoms with Crippen molar-refractivity contribution in [1.82, 2.24) is 20.1 Å². The average Bonchev–Trinajstić information content (AvgIpc) is 2.95. The third-order valence-corrected chi connectivity index (χ3v) is 6.25. The van der Waals surface area contributed by atoms with Crippen LogP contribution < -0.4 is 10.2 Å². The Morgan fingerprint density at radius 1 is 1.19 bits per heavy atom. The third-order valence-electron chi connectivity index (χ3n) is 6.02. The van der Waals surface area contributed by atoms with Gasteiger partial charge in [-0.05, 0) is 43.5 Å². The van der Waals surface area contributed by atoms with Crippen LogP contribution in [0, 0.1) is 0 Å². The molecule has 0 aliphatic carbocycles. The summed E-state index contributed by atoms with van der Waals surface area (Å²) >= 11 is 6.10. The SMILES string of the molecule is C=CCN1CCCCC(NC(=O)N2CCN(c3ccnc4cc(Cl)ccc34)CC2)C1=O. The van der Waals surface area contributed by atoms with Crippen molar-refractivity contribution in [3.8, 4) is 0 Å². The topological polar surface area (TPSA) is 68.8 Å². The lowest BCUT2D eigenvalue weighted by Crippen LogP contribution is -2.56. The molecule has 1 unspecified atom stereocenters. The number of benzene rings is 1. The molecule has 7 nitrogen and oxygen atoms in total. The number of piperazine rings is 1. The summed E-state index contributed by atoms with van der Waals surface area (Å²) in [4.78, 5) is 35.9. The van der Waals surface area contributed by atoms with Gasteiger partial charge in [0.1, 0.15) is 6.04 Å².